The highest BCUT2D eigenvalue weighted by molar-refractivity contribution is 5.71. The maximum atomic E-state index is 4.10. The van der Waals surface area contributed by atoms with Gasteiger partial charge in [0.05, 0.1) is 0 Å². The zero-order valence-corrected chi connectivity index (χ0v) is 6.09. The standard InChI is InChI=1S/C8H13N/c1-4-7-9-8(5-2)6-3/h4-5,7H,1,6H2,2-3H3/b8-5+,9-7-. The van der Waals surface area contributed by atoms with Gasteiger partial charge in [-0.2, -0.15) is 0 Å². The molecule has 1 nitrogen and oxygen atoms in total. The molecule has 0 saturated carbocycles. The van der Waals surface area contributed by atoms with Crippen molar-refractivity contribution in [2.45, 2.75) is 20.3 Å². The summed E-state index contributed by atoms with van der Waals surface area (Å²) in [5.74, 6) is 0. The van der Waals surface area contributed by atoms with E-state index in [9.17, 15) is 0 Å². The van der Waals surface area contributed by atoms with Crippen LogP contribution in [0.1, 0.15) is 20.3 Å². The van der Waals surface area contributed by atoms with E-state index in [-0.39, 0.29) is 0 Å². The van der Waals surface area contributed by atoms with E-state index in [0.717, 1.165) is 12.1 Å². The van der Waals surface area contributed by atoms with Gasteiger partial charge in [-0.25, -0.2) is 0 Å². The molecule has 50 valence electrons. The fraction of sp³-hybridized carbons (Fsp3) is 0.375. The Labute approximate surface area is 56.8 Å². The lowest BCUT2D eigenvalue weighted by molar-refractivity contribution is 1.06. The second-order valence-corrected chi connectivity index (χ2v) is 1.65. The number of nitrogens with zero attached hydrogens (tertiary/aromatic N) is 1. The molecule has 0 aromatic heterocycles. The van der Waals surface area contributed by atoms with Crippen LogP contribution in [0.5, 0.6) is 0 Å². The fourth-order valence-corrected chi connectivity index (χ4v) is 0.518. The highest BCUT2D eigenvalue weighted by Crippen LogP contribution is 1.99. The molecule has 0 aliphatic rings. The van der Waals surface area contributed by atoms with Crippen molar-refractivity contribution in [2.24, 2.45) is 4.99 Å². The number of aliphatic imine (C=N–C) groups is 1. The van der Waals surface area contributed by atoms with Crippen molar-refractivity contribution in [2.75, 3.05) is 0 Å². The number of rotatable bonds is 3. The van der Waals surface area contributed by atoms with E-state index >= 15 is 0 Å². The molecule has 0 aliphatic carbocycles. The van der Waals surface area contributed by atoms with E-state index in [1.54, 1.807) is 12.3 Å². The van der Waals surface area contributed by atoms with Crippen molar-refractivity contribution in [3.63, 3.8) is 0 Å². The SMILES string of the molecule is C=C/C=N\C(=C\C)CC. The molecular weight excluding hydrogens is 110 g/mol. The summed E-state index contributed by atoms with van der Waals surface area (Å²) in [7, 11) is 0. The van der Waals surface area contributed by atoms with Crippen LogP contribution in [0.15, 0.2) is 29.4 Å². The van der Waals surface area contributed by atoms with Crippen molar-refractivity contribution in [3.8, 4) is 0 Å². The number of hydrogen-bond acceptors (Lipinski definition) is 1. The minimum atomic E-state index is 0.987. The summed E-state index contributed by atoms with van der Waals surface area (Å²) in [6, 6.07) is 0. The zero-order valence-electron chi connectivity index (χ0n) is 6.09. The first-order valence-electron chi connectivity index (χ1n) is 3.15. The quantitative estimate of drug-likeness (QED) is 0.511. The van der Waals surface area contributed by atoms with E-state index < -0.39 is 0 Å². The molecule has 0 N–H and O–H groups in total. The third kappa shape index (κ3) is 3.71. The van der Waals surface area contributed by atoms with Gasteiger partial charge in [0.1, 0.15) is 0 Å². The van der Waals surface area contributed by atoms with Gasteiger partial charge in [0.2, 0.25) is 0 Å². The van der Waals surface area contributed by atoms with Crippen LogP contribution in [-0.2, 0) is 0 Å². The molecule has 0 fully saturated rings. The molecule has 0 rings (SSSR count). The van der Waals surface area contributed by atoms with Crippen LogP contribution in [0, 0.1) is 0 Å². The molecule has 0 amide bonds. The number of hydrogen-bond donors (Lipinski definition) is 0. The van der Waals surface area contributed by atoms with E-state index in [2.05, 4.69) is 18.5 Å². The highest BCUT2D eigenvalue weighted by atomic mass is 14.7. The molecule has 0 spiro atoms. The van der Waals surface area contributed by atoms with Gasteiger partial charge in [-0.1, -0.05) is 25.7 Å². The van der Waals surface area contributed by atoms with Gasteiger partial charge < -0.3 is 0 Å². The molecule has 1 heteroatoms. The highest BCUT2D eigenvalue weighted by Gasteiger charge is 1.81. The molecule has 0 bridgehead atoms. The van der Waals surface area contributed by atoms with Crippen LogP contribution < -0.4 is 0 Å². The maximum absolute atomic E-state index is 4.10. The zero-order chi connectivity index (χ0) is 7.11. The lowest BCUT2D eigenvalue weighted by atomic mass is 10.3. The second-order valence-electron chi connectivity index (χ2n) is 1.65. The van der Waals surface area contributed by atoms with Gasteiger partial charge in [0, 0.05) is 11.9 Å². The van der Waals surface area contributed by atoms with Gasteiger partial charge in [-0.05, 0) is 13.3 Å². The summed E-state index contributed by atoms with van der Waals surface area (Å²) in [6.07, 6.45) is 6.37. The van der Waals surface area contributed by atoms with Gasteiger partial charge in [0.25, 0.3) is 0 Å². The van der Waals surface area contributed by atoms with Crippen molar-refractivity contribution in [1.29, 1.82) is 0 Å². The van der Waals surface area contributed by atoms with Crippen molar-refractivity contribution < 1.29 is 0 Å². The molecule has 0 saturated heterocycles. The van der Waals surface area contributed by atoms with E-state index in [1.165, 1.54) is 0 Å². The van der Waals surface area contributed by atoms with Gasteiger partial charge in [-0.3, -0.25) is 4.99 Å². The maximum Gasteiger partial charge on any atom is 0.0358 e. The van der Waals surface area contributed by atoms with Gasteiger partial charge in [0.15, 0.2) is 0 Å². The fourth-order valence-electron chi connectivity index (χ4n) is 0.518. The summed E-state index contributed by atoms with van der Waals surface area (Å²) in [4.78, 5) is 4.10. The molecule has 9 heavy (non-hydrogen) atoms. The summed E-state index contributed by atoms with van der Waals surface area (Å²) < 4.78 is 0. The van der Waals surface area contributed by atoms with Gasteiger partial charge in [-0.15, -0.1) is 0 Å². The van der Waals surface area contributed by atoms with Crippen molar-refractivity contribution in [1.82, 2.24) is 0 Å². The van der Waals surface area contributed by atoms with Crippen LogP contribution in [0.4, 0.5) is 0 Å². The first-order chi connectivity index (χ1) is 4.35. The first kappa shape index (κ1) is 8.15. The molecule has 0 aromatic carbocycles. The summed E-state index contributed by atoms with van der Waals surface area (Å²) in [6.45, 7) is 7.59. The van der Waals surface area contributed by atoms with Crippen LogP contribution in [0.25, 0.3) is 0 Å². The minimum absolute atomic E-state index is 0.987. The Balaban J connectivity index is 3.84. The molecule has 0 unspecified atom stereocenters. The summed E-state index contributed by atoms with van der Waals surface area (Å²) in [5.41, 5.74) is 1.11. The average Bonchev–Trinajstić information content (AvgIpc) is 1.91. The van der Waals surface area contributed by atoms with E-state index in [0.29, 0.717) is 0 Å². The topological polar surface area (TPSA) is 12.4 Å². The molecule has 0 aliphatic heterocycles. The lowest BCUT2D eigenvalue weighted by Crippen LogP contribution is -1.73. The largest absolute Gasteiger partial charge is 0.262 e. The monoisotopic (exact) mass is 123 g/mol. The Bertz CT molecular complexity index is 132. The number of allylic oxidation sites excluding steroid dienone is 3. The average molecular weight is 123 g/mol. The van der Waals surface area contributed by atoms with Crippen LogP contribution >= 0.6 is 0 Å². The third-order valence-electron chi connectivity index (χ3n) is 1.04. The minimum Gasteiger partial charge on any atom is -0.262 e. The molecular formula is C8H13N. The van der Waals surface area contributed by atoms with Crippen LogP contribution in [-0.4, -0.2) is 6.21 Å². The molecule has 0 heterocycles. The molecule has 0 radical (unpaired) electrons. The first-order valence-corrected chi connectivity index (χ1v) is 3.15. The Hall–Kier alpha value is -0.850. The van der Waals surface area contributed by atoms with E-state index in [1.807, 2.05) is 13.0 Å². The summed E-state index contributed by atoms with van der Waals surface area (Å²) in [5, 5.41) is 0. The Morgan fingerprint density at radius 2 is 2.33 bits per heavy atom. The van der Waals surface area contributed by atoms with Crippen LogP contribution in [0.2, 0.25) is 0 Å². The normalized spacial score (nSPS) is 12.4. The van der Waals surface area contributed by atoms with Gasteiger partial charge >= 0.3 is 0 Å². The molecule has 0 aromatic rings. The second kappa shape index (κ2) is 5.29. The third-order valence-corrected chi connectivity index (χ3v) is 1.04. The van der Waals surface area contributed by atoms with Crippen molar-refractivity contribution >= 4 is 6.21 Å². The predicted octanol–water partition coefficient (Wildman–Crippen LogP) is 2.56. The van der Waals surface area contributed by atoms with Crippen molar-refractivity contribution in [3.05, 3.63) is 24.4 Å². The summed E-state index contributed by atoms with van der Waals surface area (Å²) >= 11 is 0. The Kier molecular flexibility index (Phi) is 4.79. The molecule has 0 atom stereocenters. The predicted molar refractivity (Wildman–Crippen MR) is 42.7 cm³/mol. The Morgan fingerprint density at radius 3 is 2.67 bits per heavy atom. The van der Waals surface area contributed by atoms with E-state index in [4.69, 9.17) is 0 Å². The lowest BCUT2D eigenvalue weighted by Gasteiger charge is -1.90. The smallest absolute Gasteiger partial charge is 0.0358 e. The van der Waals surface area contributed by atoms with Crippen LogP contribution in [0.3, 0.4) is 0 Å². The Morgan fingerprint density at radius 1 is 1.67 bits per heavy atom.